The number of β-lactam (4-membered cyclic amide) rings is 1. The number of furan rings is 1. The first-order valence-electron chi connectivity index (χ1n) is 7.54. The van der Waals surface area contributed by atoms with Crippen LogP contribution in [-0.2, 0) is 25.2 Å². The van der Waals surface area contributed by atoms with Crippen LogP contribution >= 0.6 is 11.8 Å². The second-order valence-electron chi connectivity index (χ2n) is 5.51. The number of nitrogens with one attached hydrogen (secondary N) is 1. The zero-order chi connectivity index (χ0) is 19.6. The smallest absolute Gasteiger partial charge is 0.543 e. The van der Waals surface area contributed by atoms with Crippen LogP contribution in [0, 0.1) is 0 Å². The van der Waals surface area contributed by atoms with E-state index in [1.807, 2.05) is 0 Å². The second-order valence-corrected chi connectivity index (χ2v) is 7.99. The summed E-state index contributed by atoms with van der Waals surface area (Å²) in [7, 11) is -1.69. The maximum Gasteiger partial charge on any atom is 1.00 e. The van der Waals surface area contributed by atoms with Gasteiger partial charge in [0.25, 0.3) is 5.91 Å². The first-order chi connectivity index (χ1) is 12.9. The second kappa shape index (κ2) is 9.63. The Hall–Kier alpha value is -1.76. The van der Waals surface area contributed by atoms with Crippen molar-refractivity contribution in [1.29, 1.82) is 0 Å². The molecular formula is C14H12N5NaO6S2. The standard InChI is InChI=1S/C14H13N5O6S2.Na/c15-18-16-4-7-5-26-13-10(12(21)19(13)11(7)14(22)23)17-8(20)6-27(24)9-2-1-3-25-9;/h1-3,10,13H,4-6H2,(H,17,20)(H,22,23);/q;+1/p-1. The summed E-state index contributed by atoms with van der Waals surface area (Å²) in [5.41, 5.74) is 8.33. The van der Waals surface area contributed by atoms with Gasteiger partial charge in [0, 0.05) is 10.7 Å². The molecule has 0 radical (unpaired) electrons. The SMILES string of the molecule is [N-]=[N+]=NCC1=C(C(=O)[O-])N2C(=O)C(NC(=O)CS(=O)c3ccco3)C2SC1.[Na+]. The van der Waals surface area contributed by atoms with Gasteiger partial charge in [-0.15, -0.1) is 11.8 Å². The van der Waals surface area contributed by atoms with Crippen molar-refractivity contribution in [2.24, 2.45) is 5.11 Å². The van der Waals surface area contributed by atoms with Crippen molar-refractivity contribution in [2.45, 2.75) is 16.5 Å². The summed E-state index contributed by atoms with van der Waals surface area (Å²) in [6, 6.07) is 2.07. The quantitative estimate of drug-likeness (QED) is 0.151. The number of hydrogen-bond donors (Lipinski definition) is 1. The molecule has 0 aliphatic carbocycles. The van der Waals surface area contributed by atoms with Gasteiger partial charge in [-0.3, -0.25) is 18.7 Å². The largest absolute Gasteiger partial charge is 1.00 e. The third kappa shape index (κ3) is 4.45. The Balaban J connectivity index is 0.00000280. The molecule has 28 heavy (non-hydrogen) atoms. The van der Waals surface area contributed by atoms with Crippen molar-refractivity contribution < 1.29 is 57.7 Å². The van der Waals surface area contributed by atoms with Crippen LogP contribution in [0.5, 0.6) is 0 Å². The molecule has 3 heterocycles. The number of thioether (sulfide) groups is 1. The van der Waals surface area contributed by atoms with Crippen LogP contribution in [0.3, 0.4) is 0 Å². The van der Waals surface area contributed by atoms with Crippen molar-refractivity contribution in [3.05, 3.63) is 40.1 Å². The fourth-order valence-corrected chi connectivity index (χ4v) is 4.90. The molecule has 1 fully saturated rings. The van der Waals surface area contributed by atoms with Gasteiger partial charge >= 0.3 is 29.6 Å². The molecule has 1 N–H and O–H groups in total. The Morgan fingerprint density at radius 1 is 1.54 bits per heavy atom. The van der Waals surface area contributed by atoms with E-state index in [1.54, 1.807) is 6.07 Å². The monoisotopic (exact) mass is 433 g/mol. The molecule has 3 unspecified atom stereocenters. The Morgan fingerprint density at radius 2 is 2.29 bits per heavy atom. The Morgan fingerprint density at radius 3 is 2.89 bits per heavy atom. The van der Waals surface area contributed by atoms with E-state index in [9.17, 15) is 23.7 Å². The van der Waals surface area contributed by atoms with Gasteiger partial charge in [-0.1, -0.05) is 5.11 Å². The van der Waals surface area contributed by atoms with Crippen LogP contribution in [0.1, 0.15) is 0 Å². The van der Waals surface area contributed by atoms with Crippen LogP contribution in [0.25, 0.3) is 10.4 Å². The van der Waals surface area contributed by atoms with Gasteiger partial charge in [0.05, 0.1) is 35.3 Å². The van der Waals surface area contributed by atoms with E-state index in [0.29, 0.717) is 0 Å². The molecule has 3 atom stereocenters. The third-order valence-electron chi connectivity index (χ3n) is 3.86. The number of rotatable bonds is 7. The molecule has 2 aliphatic heterocycles. The average molecular weight is 433 g/mol. The third-order valence-corrected chi connectivity index (χ3v) is 6.41. The predicted molar refractivity (Wildman–Crippen MR) is 91.1 cm³/mol. The maximum atomic E-state index is 12.4. The van der Waals surface area contributed by atoms with Gasteiger partial charge in [0.2, 0.25) is 5.91 Å². The van der Waals surface area contributed by atoms with E-state index >= 15 is 0 Å². The number of carbonyl (C=O) groups excluding carboxylic acids is 3. The van der Waals surface area contributed by atoms with Crippen molar-refractivity contribution in [2.75, 3.05) is 18.1 Å². The number of amides is 2. The van der Waals surface area contributed by atoms with Gasteiger partial charge in [-0.2, -0.15) is 0 Å². The molecule has 11 nitrogen and oxygen atoms in total. The number of carboxylic acids is 1. The zero-order valence-corrected chi connectivity index (χ0v) is 18.2. The molecule has 0 spiro atoms. The molecule has 1 aromatic rings. The topological polar surface area (TPSA) is 169 Å². The Kier molecular flexibility index (Phi) is 7.75. The number of hydrogen-bond acceptors (Lipinski definition) is 8. The van der Waals surface area contributed by atoms with E-state index in [0.717, 1.165) is 4.90 Å². The van der Waals surface area contributed by atoms with E-state index in [2.05, 4.69) is 15.3 Å². The minimum absolute atomic E-state index is 0. The van der Waals surface area contributed by atoms with Crippen molar-refractivity contribution in [3.8, 4) is 0 Å². The van der Waals surface area contributed by atoms with Crippen molar-refractivity contribution in [1.82, 2.24) is 10.2 Å². The number of carbonyl (C=O) groups is 3. The summed E-state index contributed by atoms with van der Waals surface area (Å²) in [4.78, 5) is 39.4. The molecule has 1 saturated heterocycles. The molecule has 0 aromatic carbocycles. The predicted octanol–water partition coefficient (Wildman–Crippen LogP) is -3.89. The fraction of sp³-hybridized carbons (Fsp3) is 0.357. The molecule has 14 heteroatoms. The van der Waals surface area contributed by atoms with Gasteiger partial charge in [0.1, 0.15) is 17.2 Å². The van der Waals surface area contributed by atoms with Crippen LogP contribution < -0.4 is 40.0 Å². The van der Waals surface area contributed by atoms with Crippen molar-refractivity contribution >= 4 is 40.3 Å². The van der Waals surface area contributed by atoms with E-state index < -0.39 is 40.0 Å². The summed E-state index contributed by atoms with van der Waals surface area (Å²) in [5.74, 6) is -2.98. The summed E-state index contributed by atoms with van der Waals surface area (Å²) in [5, 5.41) is 16.7. The first-order valence-corrected chi connectivity index (χ1v) is 9.91. The van der Waals surface area contributed by atoms with Crippen LogP contribution in [0.15, 0.2) is 44.3 Å². The van der Waals surface area contributed by atoms with E-state index in [-0.39, 0.29) is 64.0 Å². The van der Waals surface area contributed by atoms with Crippen LogP contribution in [0.2, 0.25) is 0 Å². The normalized spacial score (nSPS) is 21.6. The van der Waals surface area contributed by atoms with Gasteiger partial charge < -0.3 is 19.6 Å². The minimum atomic E-state index is -1.69. The molecule has 3 rings (SSSR count). The summed E-state index contributed by atoms with van der Waals surface area (Å²) in [6.07, 6.45) is 1.33. The van der Waals surface area contributed by atoms with Gasteiger partial charge in [0.15, 0.2) is 5.09 Å². The average Bonchev–Trinajstić information content (AvgIpc) is 3.18. The maximum absolute atomic E-state index is 12.4. The summed E-state index contributed by atoms with van der Waals surface area (Å²) in [6.45, 7) is -0.192. The van der Waals surface area contributed by atoms with E-state index in [4.69, 9.17) is 9.95 Å². The summed E-state index contributed by atoms with van der Waals surface area (Å²) < 4.78 is 16.9. The Labute approximate surface area is 187 Å². The van der Waals surface area contributed by atoms with Gasteiger partial charge in [-0.25, -0.2) is 0 Å². The number of azide groups is 1. The number of fused-ring (bicyclic) bond motifs is 1. The number of nitrogens with zero attached hydrogens (tertiary/aromatic N) is 4. The molecule has 0 saturated carbocycles. The molecule has 2 aliphatic rings. The number of carboxylic acid groups (broad SMARTS) is 1. The van der Waals surface area contributed by atoms with Gasteiger partial charge in [-0.05, 0) is 23.2 Å². The molecule has 0 bridgehead atoms. The van der Waals surface area contributed by atoms with Crippen molar-refractivity contribution in [3.63, 3.8) is 0 Å². The minimum Gasteiger partial charge on any atom is -0.543 e. The molecular weight excluding hydrogens is 421 g/mol. The van der Waals surface area contributed by atoms with Crippen LogP contribution in [-0.4, -0.2) is 56.4 Å². The molecule has 142 valence electrons. The zero-order valence-electron chi connectivity index (χ0n) is 14.6. The number of aliphatic carboxylic acids is 1. The van der Waals surface area contributed by atoms with Crippen LogP contribution in [0.4, 0.5) is 0 Å². The van der Waals surface area contributed by atoms with E-state index in [1.165, 1.54) is 24.1 Å². The summed E-state index contributed by atoms with van der Waals surface area (Å²) >= 11 is 1.23. The Bertz CT molecular complexity index is 898. The molecule has 2 amide bonds. The molecule has 1 aromatic heterocycles. The fourth-order valence-electron chi connectivity index (χ4n) is 2.71. The first kappa shape index (κ1) is 22.5.